The van der Waals surface area contributed by atoms with E-state index in [1.165, 1.54) is 6.92 Å². The lowest BCUT2D eigenvalue weighted by atomic mass is 10.2. The van der Waals surface area contributed by atoms with E-state index in [0.29, 0.717) is 5.75 Å². The van der Waals surface area contributed by atoms with Gasteiger partial charge in [-0.25, -0.2) is 8.78 Å². The van der Waals surface area contributed by atoms with E-state index in [1.807, 2.05) is 0 Å². The van der Waals surface area contributed by atoms with Crippen LogP contribution in [0, 0.1) is 23.5 Å². The summed E-state index contributed by atoms with van der Waals surface area (Å²) in [6.07, 6.45) is 0. The number of hydrogen-bond donors (Lipinski definition) is 0. The minimum Gasteiger partial charge on any atom is -0.288 e. The molecule has 0 aliphatic heterocycles. The van der Waals surface area contributed by atoms with Gasteiger partial charge in [0.05, 0.1) is 5.75 Å². The molecule has 0 aliphatic carbocycles. The highest BCUT2D eigenvalue weighted by Crippen LogP contribution is 2.19. The topological polar surface area (TPSA) is 17.1 Å². The minimum atomic E-state index is -0.842. The van der Waals surface area contributed by atoms with E-state index in [1.54, 1.807) is 0 Å². The van der Waals surface area contributed by atoms with Crippen molar-refractivity contribution in [1.29, 1.82) is 0 Å². The molecule has 1 aromatic rings. The van der Waals surface area contributed by atoms with Crippen LogP contribution in [0.15, 0.2) is 12.1 Å². The zero-order chi connectivity index (χ0) is 12.1. The molecule has 1 rings (SSSR count). The third-order valence-corrected chi connectivity index (χ3v) is 2.62. The van der Waals surface area contributed by atoms with Crippen LogP contribution < -0.4 is 0 Å². The molecular weight excluding hydrogens is 254 g/mol. The average molecular weight is 261 g/mol. The van der Waals surface area contributed by atoms with Gasteiger partial charge in [-0.2, -0.15) is 0 Å². The highest BCUT2D eigenvalue weighted by atomic mass is 35.5. The summed E-state index contributed by atoms with van der Waals surface area (Å²) in [6.45, 7) is 1.42. The van der Waals surface area contributed by atoms with Crippen molar-refractivity contribution in [3.63, 3.8) is 0 Å². The summed E-state index contributed by atoms with van der Waals surface area (Å²) in [4.78, 5) is 10.6. The van der Waals surface area contributed by atoms with Gasteiger partial charge < -0.3 is 0 Å². The number of benzene rings is 1. The second-order valence-electron chi connectivity index (χ2n) is 2.84. The molecule has 16 heavy (non-hydrogen) atoms. The molecule has 0 aliphatic rings. The maximum absolute atomic E-state index is 13.0. The molecular formula is C11H7ClF2OS. The first-order valence-corrected chi connectivity index (χ1v) is 5.64. The normalized spacial score (nSPS) is 9.50. The van der Waals surface area contributed by atoms with E-state index in [9.17, 15) is 13.6 Å². The predicted molar refractivity (Wildman–Crippen MR) is 61.4 cm³/mol. The van der Waals surface area contributed by atoms with E-state index in [4.69, 9.17) is 11.6 Å². The van der Waals surface area contributed by atoms with Gasteiger partial charge in [0.2, 0.25) is 0 Å². The van der Waals surface area contributed by atoms with Gasteiger partial charge in [0.15, 0.2) is 5.12 Å². The van der Waals surface area contributed by atoms with Gasteiger partial charge in [0, 0.05) is 12.5 Å². The quantitative estimate of drug-likeness (QED) is 0.570. The maximum atomic E-state index is 13.0. The standard InChI is InChI=1S/C11H7ClF2OS/c1-7(15)16-4-2-3-8-5-9(13)11(12)10(14)6-8/h5-6H,4H2,1H3. The van der Waals surface area contributed by atoms with Crippen molar-refractivity contribution in [2.45, 2.75) is 6.92 Å². The second kappa shape index (κ2) is 5.88. The second-order valence-corrected chi connectivity index (χ2v) is 4.37. The van der Waals surface area contributed by atoms with Crippen molar-refractivity contribution in [1.82, 2.24) is 0 Å². The van der Waals surface area contributed by atoms with E-state index < -0.39 is 16.7 Å². The van der Waals surface area contributed by atoms with Crippen molar-refractivity contribution in [3.8, 4) is 11.8 Å². The summed E-state index contributed by atoms with van der Waals surface area (Å²) in [5.41, 5.74) is 0.198. The number of thioether (sulfide) groups is 1. The number of halogens is 3. The van der Waals surface area contributed by atoms with Crippen molar-refractivity contribution in [3.05, 3.63) is 34.4 Å². The van der Waals surface area contributed by atoms with Gasteiger partial charge in [-0.05, 0) is 12.1 Å². The Labute approximate surface area is 101 Å². The lowest BCUT2D eigenvalue weighted by Gasteiger charge is -1.96. The number of carbonyl (C=O) groups excluding carboxylic acids is 1. The third kappa shape index (κ3) is 3.84. The number of hydrogen-bond acceptors (Lipinski definition) is 2. The Kier molecular flexibility index (Phi) is 4.78. The molecule has 0 heterocycles. The molecule has 0 atom stereocenters. The van der Waals surface area contributed by atoms with Gasteiger partial charge in [-0.1, -0.05) is 35.2 Å². The fraction of sp³-hybridized carbons (Fsp3) is 0.182. The highest BCUT2D eigenvalue weighted by molar-refractivity contribution is 8.13. The molecule has 0 amide bonds. The Hall–Kier alpha value is -1.05. The lowest BCUT2D eigenvalue weighted by molar-refractivity contribution is -0.109. The Morgan fingerprint density at radius 3 is 2.50 bits per heavy atom. The Bertz CT molecular complexity index is 454. The Balaban J connectivity index is 2.78. The van der Waals surface area contributed by atoms with Crippen LogP contribution in [0.4, 0.5) is 8.78 Å². The van der Waals surface area contributed by atoms with Crippen molar-refractivity contribution >= 4 is 28.5 Å². The van der Waals surface area contributed by atoms with Crippen molar-refractivity contribution < 1.29 is 13.6 Å². The van der Waals surface area contributed by atoms with E-state index in [-0.39, 0.29) is 10.7 Å². The molecule has 0 saturated heterocycles. The van der Waals surface area contributed by atoms with Gasteiger partial charge in [-0.3, -0.25) is 4.79 Å². The summed E-state index contributed by atoms with van der Waals surface area (Å²) >= 11 is 6.34. The fourth-order valence-electron chi connectivity index (χ4n) is 0.904. The van der Waals surface area contributed by atoms with Crippen LogP contribution >= 0.6 is 23.4 Å². The summed E-state index contributed by atoms with van der Waals surface area (Å²) < 4.78 is 26.0. The van der Waals surface area contributed by atoms with E-state index in [0.717, 1.165) is 23.9 Å². The minimum absolute atomic E-state index is 0.0530. The number of carbonyl (C=O) groups is 1. The molecule has 0 fully saturated rings. The summed E-state index contributed by atoms with van der Waals surface area (Å²) in [6, 6.07) is 2.10. The maximum Gasteiger partial charge on any atom is 0.186 e. The van der Waals surface area contributed by atoms with Gasteiger partial charge >= 0.3 is 0 Å². The fourth-order valence-corrected chi connectivity index (χ4v) is 1.36. The van der Waals surface area contributed by atoms with Crippen LogP contribution in [-0.2, 0) is 4.79 Å². The van der Waals surface area contributed by atoms with Crippen LogP contribution in [0.25, 0.3) is 0 Å². The largest absolute Gasteiger partial charge is 0.288 e. The first kappa shape index (κ1) is 13.0. The van der Waals surface area contributed by atoms with Gasteiger partial charge in [0.1, 0.15) is 16.7 Å². The predicted octanol–water partition coefficient (Wildman–Crippen LogP) is 3.25. The molecule has 0 spiro atoms. The van der Waals surface area contributed by atoms with Crippen LogP contribution in [0.2, 0.25) is 5.02 Å². The number of rotatable bonds is 1. The van der Waals surface area contributed by atoms with Crippen LogP contribution in [0.5, 0.6) is 0 Å². The zero-order valence-electron chi connectivity index (χ0n) is 8.31. The molecule has 1 nitrogen and oxygen atoms in total. The first-order chi connectivity index (χ1) is 7.50. The molecule has 0 saturated carbocycles. The zero-order valence-corrected chi connectivity index (χ0v) is 9.88. The van der Waals surface area contributed by atoms with Crippen LogP contribution in [0.3, 0.4) is 0 Å². The molecule has 84 valence electrons. The first-order valence-electron chi connectivity index (χ1n) is 4.27. The average Bonchev–Trinajstić information content (AvgIpc) is 2.20. The molecule has 0 N–H and O–H groups in total. The molecule has 0 aromatic heterocycles. The van der Waals surface area contributed by atoms with Crippen LogP contribution in [0.1, 0.15) is 12.5 Å². The van der Waals surface area contributed by atoms with Crippen molar-refractivity contribution in [2.75, 3.05) is 5.75 Å². The summed E-state index contributed by atoms with van der Waals surface area (Å²) in [5, 5.41) is -0.591. The summed E-state index contributed by atoms with van der Waals surface area (Å²) in [7, 11) is 0. The summed E-state index contributed by atoms with van der Waals surface area (Å²) in [5.74, 6) is 3.78. The Morgan fingerprint density at radius 2 is 2.00 bits per heavy atom. The molecule has 0 radical (unpaired) electrons. The van der Waals surface area contributed by atoms with Gasteiger partial charge in [0.25, 0.3) is 0 Å². The van der Waals surface area contributed by atoms with E-state index in [2.05, 4.69) is 11.8 Å². The third-order valence-electron chi connectivity index (χ3n) is 1.56. The highest BCUT2D eigenvalue weighted by Gasteiger charge is 2.07. The van der Waals surface area contributed by atoms with Crippen LogP contribution in [-0.4, -0.2) is 10.9 Å². The Morgan fingerprint density at radius 1 is 1.44 bits per heavy atom. The lowest BCUT2D eigenvalue weighted by Crippen LogP contribution is -1.87. The van der Waals surface area contributed by atoms with Crippen molar-refractivity contribution in [2.24, 2.45) is 0 Å². The smallest absolute Gasteiger partial charge is 0.186 e. The molecule has 5 heteroatoms. The van der Waals surface area contributed by atoms with Gasteiger partial charge in [-0.15, -0.1) is 0 Å². The molecule has 0 bridgehead atoms. The molecule has 1 aromatic carbocycles. The molecule has 0 unspecified atom stereocenters. The monoisotopic (exact) mass is 260 g/mol. The SMILES string of the molecule is CC(=O)SCC#Cc1cc(F)c(Cl)c(F)c1. The van der Waals surface area contributed by atoms with E-state index >= 15 is 0 Å².